The number of anilines is 1. The van der Waals surface area contributed by atoms with Crippen LogP contribution in [0.2, 0.25) is 0 Å². The predicted octanol–water partition coefficient (Wildman–Crippen LogP) is 3.67. The Bertz CT molecular complexity index is 880. The first kappa shape index (κ1) is 21.6. The zero-order chi connectivity index (χ0) is 21.5. The van der Waals surface area contributed by atoms with Gasteiger partial charge in [0.05, 0.1) is 5.56 Å². The lowest BCUT2D eigenvalue weighted by molar-refractivity contribution is -0.129. The number of hydrogen-bond donors (Lipinski definition) is 1. The smallest absolute Gasteiger partial charge is 0.338 e. The highest BCUT2D eigenvalue weighted by molar-refractivity contribution is 5.96. The Morgan fingerprint density at radius 1 is 1.10 bits per heavy atom. The molecule has 1 N–H and O–H groups in total. The number of ether oxygens (including phenoxy) is 1. The predicted molar refractivity (Wildman–Crippen MR) is 115 cm³/mol. The molecule has 6 heteroatoms. The summed E-state index contributed by atoms with van der Waals surface area (Å²) in [5.74, 6) is -0.584. The molecule has 158 valence electrons. The van der Waals surface area contributed by atoms with Crippen LogP contribution < -0.4 is 10.2 Å². The minimum Gasteiger partial charge on any atom is -0.449 e. The molecule has 1 aliphatic heterocycles. The summed E-state index contributed by atoms with van der Waals surface area (Å²) in [5, 5.41) is 2.88. The lowest BCUT2D eigenvalue weighted by atomic mass is 9.96. The minimum atomic E-state index is -0.898. The molecule has 1 aliphatic rings. The van der Waals surface area contributed by atoms with E-state index in [-0.39, 0.29) is 17.7 Å². The van der Waals surface area contributed by atoms with Gasteiger partial charge < -0.3 is 15.0 Å². The van der Waals surface area contributed by atoms with Crippen LogP contribution in [-0.2, 0) is 14.3 Å². The molecule has 0 aliphatic carbocycles. The molecule has 1 heterocycles. The number of carbonyl (C=O) groups is 3. The second-order valence-corrected chi connectivity index (χ2v) is 7.50. The van der Waals surface area contributed by atoms with Gasteiger partial charge in [-0.3, -0.25) is 9.59 Å². The zero-order valence-corrected chi connectivity index (χ0v) is 17.5. The van der Waals surface area contributed by atoms with Crippen LogP contribution in [0, 0.1) is 0 Å². The van der Waals surface area contributed by atoms with Crippen LogP contribution in [0.3, 0.4) is 0 Å². The third-order valence-electron chi connectivity index (χ3n) is 5.43. The highest BCUT2D eigenvalue weighted by Crippen LogP contribution is 2.22. The molecule has 6 nitrogen and oxygen atoms in total. The van der Waals surface area contributed by atoms with Crippen molar-refractivity contribution in [3.05, 3.63) is 65.7 Å². The topological polar surface area (TPSA) is 75.7 Å². The number of amides is 2. The molecular weight excluding hydrogens is 380 g/mol. The number of carbonyl (C=O) groups excluding carboxylic acids is 3. The Morgan fingerprint density at radius 2 is 1.80 bits per heavy atom. The largest absolute Gasteiger partial charge is 0.449 e. The molecule has 2 atom stereocenters. The first-order valence-corrected chi connectivity index (χ1v) is 10.4. The van der Waals surface area contributed by atoms with Crippen molar-refractivity contribution in [1.29, 1.82) is 0 Å². The Hall–Kier alpha value is -3.15. The highest BCUT2D eigenvalue weighted by Gasteiger charge is 2.23. The summed E-state index contributed by atoms with van der Waals surface area (Å²) >= 11 is 0. The normalized spacial score (nSPS) is 15.5. The van der Waals surface area contributed by atoms with E-state index < -0.39 is 12.1 Å². The lowest BCUT2D eigenvalue weighted by Gasteiger charge is -2.19. The van der Waals surface area contributed by atoms with E-state index in [1.54, 1.807) is 36.1 Å². The van der Waals surface area contributed by atoms with E-state index in [1.165, 1.54) is 5.56 Å². The number of esters is 1. The van der Waals surface area contributed by atoms with Gasteiger partial charge in [0.15, 0.2) is 6.10 Å². The summed E-state index contributed by atoms with van der Waals surface area (Å²) in [6.45, 7) is 4.82. The molecule has 3 rings (SSSR count). The fraction of sp³-hybridized carbons (Fsp3) is 0.375. The van der Waals surface area contributed by atoms with Crippen molar-refractivity contribution in [1.82, 2.24) is 5.32 Å². The van der Waals surface area contributed by atoms with Gasteiger partial charge in [-0.25, -0.2) is 4.79 Å². The van der Waals surface area contributed by atoms with Crippen LogP contribution in [-0.4, -0.2) is 37.0 Å². The fourth-order valence-electron chi connectivity index (χ4n) is 3.57. The summed E-state index contributed by atoms with van der Waals surface area (Å²) < 4.78 is 5.32. The third kappa shape index (κ3) is 5.26. The Balaban J connectivity index is 1.52. The number of nitrogens with zero attached hydrogens (tertiary/aromatic N) is 1. The highest BCUT2D eigenvalue weighted by atomic mass is 16.5. The average Bonchev–Trinajstić information content (AvgIpc) is 3.20. The monoisotopic (exact) mass is 408 g/mol. The maximum absolute atomic E-state index is 12.4. The number of benzene rings is 2. The van der Waals surface area contributed by atoms with Crippen LogP contribution in [0.25, 0.3) is 0 Å². The first-order valence-electron chi connectivity index (χ1n) is 10.4. The molecule has 0 saturated carbocycles. The Kier molecular flexibility index (Phi) is 7.22. The van der Waals surface area contributed by atoms with E-state index in [0.717, 1.165) is 18.5 Å². The molecule has 2 aromatic rings. The fourth-order valence-corrected chi connectivity index (χ4v) is 3.57. The zero-order valence-electron chi connectivity index (χ0n) is 17.5. The lowest BCUT2D eigenvalue weighted by Crippen LogP contribution is -2.38. The summed E-state index contributed by atoms with van der Waals surface area (Å²) in [4.78, 5) is 38.3. The minimum absolute atomic E-state index is 0.0940. The van der Waals surface area contributed by atoms with E-state index in [2.05, 4.69) is 12.2 Å². The van der Waals surface area contributed by atoms with Crippen LogP contribution in [0.15, 0.2) is 54.6 Å². The SMILES string of the molecule is CC[C@H](CNC(=O)[C@H](C)OC(=O)c1ccc(N2CCCC2=O)cc1)c1ccccc1. The number of nitrogens with one attached hydrogen (secondary N) is 1. The van der Waals surface area contributed by atoms with Gasteiger partial charge >= 0.3 is 5.97 Å². The molecule has 0 spiro atoms. The van der Waals surface area contributed by atoms with Gasteiger partial charge in [0.2, 0.25) is 5.91 Å². The Labute approximate surface area is 177 Å². The maximum atomic E-state index is 12.4. The average molecular weight is 408 g/mol. The number of rotatable bonds is 8. The summed E-state index contributed by atoms with van der Waals surface area (Å²) in [6, 6.07) is 16.7. The van der Waals surface area contributed by atoms with Gasteiger partial charge in [0, 0.05) is 31.1 Å². The van der Waals surface area contributed by atoms with Crippen molar-refractivity contribution in [2.45, 2.75) is 45.1 Å². The van der Waals surface area contributed by atoms with E-state index in [0.29, 0.717) is 25.1 Å². The summed E-state index contributed by atoms with van der Waals surface area (Å²) in [7, 11) is 0. The second-order valence-electron chi connectivity index (χ2n) is 7.50. The van der Waals surface area contributed by atoms with Crippen LogP contribution in [0.4, 0.5) is 5.69 Å². The maximum Gasteiger partial charge on any atom is 0.338 e. The van der Waals surface area contributed by atoms with Crippen molar-refractivity contribution in [2.24, 2.45) is 0 Å². The van der Waals surface area contributed by atoms with Crippen LogP contribution in [0.5, 0.6) is 0 Å². The number of hydrogen-bond acceptors (Lipinski definition) is 4. The molecule has 30 heavy (non-hydrogen) atoms. The van der Waals surface area contributed by atoms with Gasteiger partial charge in [0.25, 0.3) is 5.91 Å². The molecule has 1 saturated heterocycles. The molecule has 0 radical (unpaired) electrons. The van der Waals surface area contributed by atoms with Gasteiger partial charge in [-0.15, -0.1) is 0 Å². The van der Waals surface area contributed by atoms with E-state index in [9.17, 15) is 14.4 Å². The first-order chi connectivity index (χ1) is 14.5. The van der Waals surface area contributed by atoms with E-state index >= 15 is 0 Å². The van der Waals surface area contributed by atoms with Gasteiger partial charge in [0.1, 0.15) is 0 Å². The van der Waals surface area contributed by atoms with Gasteiger partial charge in [-0.05, 0) is 49.6 Å². The van der Waals surface area contributed by atoms with Crippen molar-refractivity contribution in [3.8, 4) is 0 Å². The summed E-state index contributed by atoms with van der Waals surface area (Å²) in [5.41, 5.74) is 2.29. The third-order valence-corrected chi connectivity index (χ3v) is 5.43. The molecular formula is C24H28N2O4. The molecule has 0 aromatic heterocycles. The van der Waals surface area contributed by atoms with Crippen molar-refractivity contribution < 1.29 is 19.1 Å². The van der Waals surface area contributed by atoms with Crippen molar-refractivity contribution in [3.63, 3.8) is 0 Å². The second kappa shape index (κ2) is 10.1. The quantitative estimate of drug-likeness (QED) is 0.676. The molecule has 0 bridgehead atoms. The standard InChI is InChI=1S/C24H28N2O4/c1-3-18(19-8-5-4-6-9-19)16-25-23(28)17(2)30-24(29)20-11-13-21(14-12-20)26-15-7-10-22(26)27/h4-6,8-9,11-14,17-18H,3,7,10,15-16H2,1-2H3,(H,25,28)/t17-,18+/m0/s1. The molecule has 1 fully saturated rings. The van der Waals surface area contributed by atoms with E-state index in [4.69, 9.17) is 4.74 Å². The van der Waals surface area contributed by atoms with Gasteiger partial charge in [-0.2, -0.15) is 0 Å². The van der Waals surface area contributed by atoms with Crippen molar-refractivity contribution in [2.75, 3.05) is 18.0 Å². The van der Waals surface area contributed by atoms with Gasteiger partial charge in [-0.1, -0.05) is 37.3 Å². The summed E-state index contributed by atoms with van der Waals surface area (Å²) in [6.07, 6.45) is 1.40. The van der Waals surface area contributed by atoms with Crippen LogP contribution >= 0.6 is 0 Å². The molecule has 2 aromatic carbocycles. The van der Waals surface area contributed by atoms with E-state index in [1.807, 2.05) is 30.3 Å². The van der Waals surface area contributed by atoms with Crippen LogP contribution in [0.1, 0.15) is 54.9 Å². The van der Waals surface area contributed by atoms with Crippen molar-refractivity contribution >= 4 is 23.5 Å². The molecule has 0 unspecified atom stereocenters. The Morgan fingerprint density at radius 3 is 2.40 bits per heavy atom. The molecule has 2 amide bonds.